The maximum atomic E-state index is 12.9. The quantitative estimate of drug-likeness (QED) is 0.937. The van der Waals surface area contributed by atoms with Crippen LogP contribution in [0.3, 0.4) is 0 Å². The topological polar surface area (TPSA) is 60.9 Å². The summed E-state index contributed by atoms with van der Waals surface area (Å²) in [6, 6.07) is 11.9. The molecule has 0 saturated carbocycles. The van der Waals surface area contributed by atoms with Crippen molar-refractivity contribution in [3.8, 4) is 0 Å². The number of piperazine rings is 1. The molecule has 3 rings (SSSR count). The largest absolute Gasteiger partial charge is 0.481 e. The molecule has 1 N–H and O–H groups in total. The molecule has 1 heterocycles. The van der Waals surface area contributed by atoms with Crippen molar-refractivity contribution in [2.45, 2.75) is 13.3 Å². The molecule has 1 fully saturated rings. The fourth-order valence-corrected chi connectivity index (χ4v) is 3.23. The summed E-state index contributed by atoms with van der Waals surface area (Å²) < 4.78 is 0. The van der Waals surface area contributed by atoms with Gasteiger partial charge in [0.15, 0.2) is 0 Å². The van der Waals surface area contributed by atoms with Gasteiger partial charge in [0.05, 0.1) is 6.42 Å². The number of hydrogen-bond acceptors (Lipinski definition) is 3. The molecular formula is C19H22N2O3. The molecule has 1 aliphatic rings. The standard InChI is InChI=1S/C19H22N2O3/c1-14-6-7-17(16-5-3-2-4-15(14)16)19(24)21-12-10-20(11-13-21)9-8-18(22)23/h2-7H,8-13H2,1H3,(H,22,23). The first kappa shape index (κ1) is 16.5. The minimum atomic E-state index is -0.778. The van der Waals surface area contributed by atoms with Crippen molar-refractivity contribution in [3.63, 3.8) is 0 Å². The van der Waals surface area contributed by atoms with Gasteiger partial charge < -0.3 is 10.0 Å². The Labute approximate surface area is 141 Å². The van der Waals surface area contributed by atoms with E-state index in [0.29, 0.717) is 19.6 Å². The van der Waals surface area contributed by atoms with Crippen molar-refractivity contribution in [3.05, 3.63) is 47.5 Å². The smallest absolute Gasteiger partial charge is 0.304 e. The SMILES string of the molecule is Cc1ccc(C(=O)N2CCN(CCC(=O)O)CC2)c2ccccc12. The number of amides is 1. The van der Waals surface area contributed by atoms with E-state index in [2.05, 4.69) is 11.8 Å². The number of rotatable bonds is 4. The number of carbonyl (C=O) groups is 2. The Kier molecular flexibility index (Phi) is 4.81. The molecule has 2 aromatic rings. The van der Waals surface area contributed by atoms with E-state index in [9.17, 15) is 9.59 Å². The Morgan fingerprint density at radius 2 is 1.67 bits per heavy atom. The Morgan fingerprint density at radius 3 is 2.33 bits per heavy atom. The monoisotopic (exact) mass is 326 g/mol. The van der Waals surface area contributed by atoms with Gasteiger partial charge in [-0.25, -0.2) is 0 Å². The minimum absolute atomic E-state index is 0.0593. The third kappa shape index (κ3) is 3.41. The summed E-state index contributed by atoms with van der Waals surface area (Å²) in [5.41, 5.74) is 1.91. The summed E-state index contributed by atoms with van der Waals surface area (Å²) in [4.78, 5) is 27.5. The lowest BCUT2D eigenvalue weighted by molar-refractivity contribution is -0.137. The Bertz CT molecular complexity index is 764. The molecule has 0 aliphatic carbocycles. The van der Waals surface area contributed by atoms with Gasteiger partial charge in [0.25, 0.3) is 5.91 Å². The summed E-state index contributed by atoms with van der Waals surface area (Å²) in [7, 11) is 0. The molecule has 0 atom stereocenters. The minimum Gasteiger partial charge on any atom is -0.481 e. The van der Waals surface area contributed by atoms with Crippen molar-refractivity contribution < 1.29 is 14.7 Å². The molecule has 0 radical (unpaired) electrons. The number of hydrogen-bond donors (Lipinski definition) is 1. The Morgan fingerprint density at radius 1 is 1.00 bits per heavy atom. The van der Waals surface area contributed by atoms with E-state index in [-0.39, 0.29) is 12.3 Å². The molecule has 24 heavy (non-hydrogen) atoms. The second-order valence-corrected chi connectivity index (χ2v) is 6.25. The van der Waals surface area contributed by atoms with Crippen LogP contribution in [0.4, 0.5) is 0 Å². The highest BCUT2D eigenvalue weighted by molar-refractivity contribution is 6.07. The predicted molar refractivity (Wildman–Crippen MR) is 93.3 cm³/mol. The van der Waals surface area contributed by atoms with Gasteiger partial charge >= 0.3 is 5.97 Å². The molecule has 1 saturated heterocycles. The van der Waals surface area contributed by atoms with Gasteiger partial charge in [0.2, 0.25) is 0 Å². The van der Waals surface area contributed by atoms with Crippen LogP contribution in [0.1, 0.15) is 22.3 Å². The molecule has 0 unspecified atom stereocenters. The number of aryl methyl sites for hydroxylation is 1. The van der Waals surface area contributed by atoms with Crippen molar-refractivity contribution in [1.29, 1.82) is 0 Å². The molecule has 0 spiro atoms. The number of carbonyl (C=O) groups excluding carboxylic acids is 1. The van der Waals surface area contributed by atoms with Crippen LogP contribution >= 0.6 is 0 Å². The van der Waals surface area contributed by atoms with Crippen molar-refractivity contribution in [2.75, 3.05) is 32.7 Å². The summed E-state index contributed by atoms with van der Waals surface area (Å²) >= 11 is 0. The van der Waals surface area contributed by atoms with E-state index in [0.717, 1.165) is 29.4 Å². The van der Waals surface area contributed by atoms with E-state index in [1.807, 2.05) is 41.3 Å². The highest BCUT2D eigenvalue weighted by atomic mass is 16.4. The molecule has 126 valence electrons. The average Bonchev–Trinajstić information content (AvgIpc) is 2.60. The fraction of sp³-hybridized carbons (Fsp3) is 0.368. The number of aliphatic carboxylic acids is 1. The van der Waals surface area contributed by atoms with Crippen LogP contribution in [0.15, 0.2) is 36.4 Å². The van der Waals surface area contributed by atoms with Crippen molar-refractivity contribution in [2.24, 2.45) is 0 Å². The van der Waals surface area contributed by atoms with E-state index < -0.39 is 5.97 Å². The first-order valence-corrected chi connectivity index (χ1v) is 8.28. The number of nitrogens with zero attached hydrogens (tertiary/aromatic N) is 2. The first-order valence-electron chi connectivity index (χ1n) is 8.28. The molecule has 1 aliphatic heterocycles. The lowest BCUT2D eigenvalue weighted by Crippen LogP contribution is -2.49. The highest BCUT2D eigenvalue weighted by Gasteiger charge is 2.23. The fourth-order valence-electron chi connectivity index (χ4n) is 3.23. The molecule has 5 nitrogen and oxygen atoms in total. The van der Waals surface area contributed by atoms with Crippen LogP contribution in [0.25, 0.3) is 10.8 Å². The second kappa shape index (κ2) is 7.01. The molecule has 2 aromatic carbocycles. The van der Waals surface area contributed by atoms with Crippen LogP contribution in [-0.4, -0.2) is 59.5 Å². The van der Waals surface area contributed by atoms with Crippen LogP contribution in [0.5, 0.6) is 0 Å². The van der Waals surface area contributed by atoms with E-state index in [4.69, 9.17) is 5.11 Å². The number of carboxylic acid groups (broad SMARTS) is 1. The van der Waals surface area contributed by atoms with Crippen molar-refractivity contribution >= 4 is 22.6 Å². The van der Waals surface area contributed by atoms with Crippen LogP contribution in [-0.2, 0) is 4.79 Å². The summed E-state index contributed by atoms with van der Waals surface area (Å²) in [6.45, 7) is 5.33. The average molecular weight is 326 g/mol. The third-order valence-electron chi connectivity index (χ3n) is 4.67. The lowest BCUT2D eigenvalue weighted by Gasteiger charge is -2.34. The van der Waals surface area contributed by atoms with Crippen LogP contribution in [0, 0.1) is 6.92 Å². The summed E-state index contributed by atoms with van der Waals surface area (Å²) in [5, 5.41) is 10.9. The molecular weight excluding hydrogens is 304 g/mol. The van der Waals surface area contributed by atoms with E-state index >= 15 is 0 Å². The number of carboxylic acids is 1. The van der Waals surface area contributed by atoms with E-state index in [1.165, 1.54) is 5.56 Å². The number of benzene rings is 2. The van der Waals surface area contributed by atoms with Gasteiger partial charge in [-0.2, -0.15) is 0 Å². The lowest BCUT2D eigenvalue weighted by atomic mass is 9.99. The van der Waals surface area contributed by atoms with Gasteiger partial charge in [-0.05, 0) is 29.3 Å². The summed E-state index contributed by atoms with van der Waals surface area (Å²) in [6.07, 6.45) is 0.149. The molecule has 0 aromatic heterocycles. The zero-order valence-electron chi connectivity index (χ0n) is 13.9. The summed E-state index contributed by atoms with van der Waals surface area (Å²) in [5.74, 6) is -0.719. The first-order chi connectivity index (χ1) is 11.6. The Balaban J connectivity index is 1.72. The highest BCUT2D eigenvalue weighted by Crippen LogP contribution is 2.24. The predicted octanol–water partition coefficient (Wildman–Crippen LogP) is 2.38. The second-order valence-electron chi connectivity index (χ2n) is 6.25. The zero-order valence-corrected chi connectivity index (χ0v) is 13.9. The molecule has 5 heteroatoms. The number of fused-ring (bicyclic) bond motifs is 1. The van der Waals surface area contributed by atoms with Gasteiger partial charge in [-0.1, -0.05) is 30.3 Å². The normalized spacial score (nSPS) is 15.6. The Hall–Kier alpha value is -2.40. The van der Waals surface area contributed by atoms with Crippen LogP contribution < -0.4 is 0 Å². The third-order valence-corrected chi connectivity index (χ3v) is 4.67. The molecule has 1 amide bonds. The maximum Gasteiger partial charge on any atom is 0.304 e. The van der Waals surface area contributed by atoms with Gasteiger partial charge in [-0.15, -0.1) is 0 Å². The zero-order chi connectivity index (χ0) is 17.1. The molecule has 0 bridgehead atoms. The van der Waals surface area contributed by atoms with Gasteiger partial charge in [-0.3, -0.25) is 14.5 Å². The van der Waals surface area contributed by atoms with Crippen molar-refractivity contribution in [1.82, 2.24) is 9.80 Å². The van der Waals surface area contributed by atoms with E-state index in [1.54, 1.807) is 0 Å². The van der Waals surface area contributed by atoms with Crippen LogP contribution in [0.2, 0.25) is 0 Å². The maximum absolute atomic E-state index is 12.9. The van der Waals surface area contributed by atoms with Gasteiger partial charge in [0, 0.05) is 38.3 Å². The van der Waals surface area contributed by atoms with Gasteiger partial charge in [0.1, 0.15) is 0 Å².